The summed E-state index contributed by atoms with van der Waals surface area (Å²) in [7, 11) is 4.68. The smallest absolute Gasteiger partial charge is 0.329 e. The van der Waals surface area contributed by atoms with E-state index in [-0.39, 0.29) is 11.2 Å². The van der Waals surface area contributed by atoms with Gasteiger partial charge >= 0.3 is 5.69 Å². The lowest BCUT2D eigenvalue weighted by Crippen LogP contribution is -2.41. The molecule has 2 aromatic rings. The van der Waals surface area contributed by atoms with Crippen molar-refractivity contribution >= 4 is 11.6 Å². The lowest BCUT2D eigenvalue weighted by Gasteiger charge is -2.39. The summed E-state index contributed by atoms with van der Waals surface area (Å²) < 4.78 is 12.3. The second-order valence-electron chi connectivity index (χ2n) is 8.58. The number of nitrogens with one attached hydrogen (secondary N) is 2. The summed E-state index contributed by atoms with van der Waals surface area (Å²) in [6.45, 7) is 4.06. The first-order valence-electron chi connectivity index (χ1n) is 9.75. The molecule has 2 aliphatic rings. The lowest BCUT2D eigenvalue weighted by atomic mass is 9.69. The van der Waals surface area contributed by atoms with Gasteiger partial charge in [0, 0.05) is 30.3 Å². The Labute approximate surface area is 173 Å². The molecule has 2 heterocycles. The van der Waals surface area contributed by atoms with Crippen LogP contribution in [0.2, 0.25) is 0 Å². The number of benzene rings is 1. The van der Waals surface area contributed by atoms with Gasteiger partial charge in [0.2, 0.25) is 0 Å². The van der Waals surface area contributed by atoms with Crippen LogP contribution in [0.5, 0.6) is 11.5 Å². The third kappa shape index (κ3) is 3.03. The van der Waals surface area contributed by atoms with Gasteiger partial charge < -0.3 is 14.8 Å². The molecule has 0 radical (unpaired) electrons. The van der Waals surface area contributed by atoms with Gasteiger partial charge in [-0.25, -0.2) is 4.79 Å². The largest absolute Gasteiger partial charge is 0.497 e. The van der Waals surface area contributed by atoms with Crippen LogP contribution in [0.3, 0.4) is 0 Å². The van der Waals surface area contributed by atoms with Gasteiger partial charge in [0.15, 0.2) is 5.78 Å². The number of ketones is 1. The molecule has 158 valence electrons. The summed E-state index contributed by atoms with van der Waals surface area (Å²) in [4.78, 5) is 40.9. The highest BCUT2D eigenvalue weighted by Gasteiger charge is 2.43. The zero-order valence-electron chi connectivity index (χ0n) is 17.7. The molecule has 1 aliphatic heterocycles. The van der Waals surface area contributed by atoms with Crippen LogP contribution in [-0.4, -0.2) is 29.6 Å². The average Bonchev–Trinajstić information content (AvgIpc) is 2.69. The molecule has 0 unspecified atom stereocenters. The van der Waals surface area contributed by atoms with Gasteiger partial charge in [-0.2, -0.15) is 0 Å². The van der Waals surface area contributed by atoms with Gasteiger partial charge in [-0.15, -0.1) is 0 Å². The number of carbonyl (C=O) groups is 1. The lowest BCUT2D eigenvalue weighted by molar-refractivity contribution is -0.118. The van der Waals surface area contributed by atoms with E-state index >= 15 is 0 Å². The van der Waals surface area contributed by atoms with Crippen LogP contribution in [0.25, 0.3) is 0 Å². The number of allylic oxidation sites excluding steroid dienone is 2. The van der Waals surface area contributed by atoms with Crippen molar-refractivity contribution in [3.05, 3.63) is 61.4 Å². The summed E-state index contributed by atoms with van der Waals surface area (Å²) >= 11 is 0. The zero-order chi connectivity index (χ0) is 21.8. The monoisotopic (exact) mass is 411 g/mol. The third-order valence-electron chi connectivity index (χ3n) is 5.87. The molecular weight excluding hydrogens is 386 g/mol. The topological polar surface area (TPSA) is 102 Å². The van der Waals surface area contributed by atoms with Crippen molar-refractivity contribution in [3.63, 3.8) is 0 Å². The van der Waals surface area contributed by atoms with Crippen LogP contribution in [0.15, 0.2) is 39.1 Å². The molecule has 0 bridgehead atoms. The van der Waals surface area contributed by atoms with E-state index in [9.17, 15) is 14.4 Å². The number of hydrogen-bond donors (Lipinski definition) is 2. The Hall–Kier alpha value is -3.29. The normalized spacial score (nSPS) is 19.6. The molecule has 8 nitrogen and oxygen atoms in total. The third-order valence-corrected chi connectivity index (χ3v) is 5.87. The SMILES string of the molecule is COc1ccc(OC)c([C@H]2C3=C(CC(C)(C)CC3=O)Nc3c2c(=O)[nH]c(=O)n3C)c1. The van der Waals surface area contributed by atoms with Gasteiger partial charge in [0.1, 0.15) is 17.3 Å². The minimum Gasteiger partial charge on any atom is -0.497 e. The van der Waals surface area contributed by atoms with Crippen molar-refractivity contribution in [1.29, 1.82) is 0 Å². The summed E-state index contributed by atoms with van der Waals surface area (Å²) in [5.74, 6) is 0.801. The number of aromatic amines is 1. The highest BCUT2D eigenvalue weighted by atomic mass is 16.5. The molecule has 8 heteroatoms. The molecule has 0 saturated heterocycles. The van der Waals surface area contributed by atoms with E-state index in [1.54, 1.807) is 39.5 Å². The zero-order valence-corrected chi connectivity index (χ0v) is 17.7. The van der Waals surface area contributed by atoms with Crippen molar-refractivity contribution in [2.24, 2.45) is 12.5 Å². The Bertz CT molecular complexity index is 1200. The number of carbonyl (C=O) groups excluding carboxylic acids is 1. The number of Topliss-reactive ketones (excluding diaryl/α,β-unsaturated/α-hetero) is 1. The number of ether oxygens (including phenoxy) is 2. The highest BCUT2D eigenvalue weighted by Crippen LogP contribution is 2.49. The van der Waals surface area contributed by atoms with E-state index in [1.807, 2.05) is 13.8 Å². The molecule has 0 spiro atoms. The first-order chi connectivity index (χ1) is 14.2. The molecule has 0 saturated carbocycles. The van der Waals surface area contributed by atoms with Gasteiger partial charge in [0.05, 0.1) is 25.7 Å². The number of hydrogen-bond acceptors (Lipinski definition) is 6. The molecule has 4 rings (SSSR count). The number of H-pyrrole nitrogens is 1. The molecule has 0 amide bonds. The summed E-state index contributed by atoms with van der Waals surface area (Å²) in [5, 5.41) is 3.23. The van der Waals surface area contributed by atoms with E-state index < -0.39 is 17.2 Å². The number of nitrogens with zero attached hydrogens (tertiary/aromatic N) is 1. The van der Waals surface area contributed by atoms with Gasteiger partial charge in [-0.05, 0) is 30.0 Å². The van der Waals surface area contributed by atoms with Crippen molar-refractivity contribution in [1.82, 2.24) is 9.55 Å². The molecule has 1 aromatic carbocycles. The van der Waals surface area contributed by atoms with Gasteiger partial charge in [-0.3, -0.25) is 19.1 Å². The Kier molecular flexibility index (Phi) is 4.60. The van der Waals surface area contributed by atoms with E-state index in [0.717, 1.165) is 5.70 Å². The second-order valence-corrected chi connectivity index (χ2v) is 8.58. The Morgan fingerprint density at radius 2 is 1.83 bits per heavy atom. The fraction of sp³-hybridized carbons (Fsp3) is 0.409. The van der Waals surface area contributed by atoms with Crippen LogP contribution in [0, 0.1) is 5.41 Å². The van der Waals surface area contributed by atoms with Crippen molar-refractivity contribution in [3.8, 4) is 11.5 Å². The second kappa shape index (κ2) is 6.90. The minimum atomic E-state index is -0.680. The van der Waals surface area contributed by atoms with Crippen LogP contribution in [0.4, 0.5) is 5.82 Å². The number of aromatic nitrogens is 2. The van der Waals surface area contributed by atoms with Crippen LogP contribution >= 0.6 is 0 Å². The predicted molar refractivity (Wildman–Crippen MR) is 112 cm³/mol. The highest BCUT2D eigenvalue weighted by molar-refractivity contribution is 6.01. The maximum Gasteiger partial charge on any atom is 0.329 e. The van der Waals surface area contributed by atoms with Crippen molar-refractivity contribution in [2.75, 3.05) is 19.5 Å². The van der Waals surface area contributed by atoms with E-state index in [0.29, 0.717) is 46.9 Å². The number of rotatable bonds is 3. The predicted octanol–water partition coefficient (Wildman–Crippen LogP) is 2.29. The minimum absolute atomic E-state index is 0.0254. The van der Waals surface area contributed by atoms with Crippen molar-refractivity contribution in [2.45, 2.75) is 32.6 Å². The summed E-state index contributed by atoms with van der Waals surface area (Å²) in [6, 6.07) is 5.29. The summed E-state index contributed by atoms with van der Waals surface area (Å²) in [6.07, 6.45) is 0.993. The first-order valence-corrected chi connectivity index (χ1v) is 9.75. The Morgan fingerprint density at radius 1 is 1.10 bits per heavy atom. The molecule has 1 aromatic heterocycles. The maximum atomic E-state index is 13.3. The van der Waals surface area contributed by atoms with Crippen LogP contribution in [0.1, 0.15) is 43.7 Å². The Balaban J connectivity index is 2.09. The van der Waals surface area contributed by atoms with E-state index in [4.69, 9.17) is 9.47 Å². The molecule has 1 atom stereocenters. The fourth-order valence-electron chi connectivity index (χ4n) is 4.50. The standard InChI is InChI=1S/C22H25N3O5/c1-22(2)9-13-17(14(26)10-22)16(12-8-11(29-4)6-7-15(12)30-5)18-19(23-13)25(3)21(28)24-20(18)27/h6-8,16,23H,9-10H2,1-5H3,(H,24,27,28)/t16-/m0/s1. The van der Waals surface area contributed by atoms with E-state index in [1.165, 1.54) is 4.57 Å². The average molecular weight is 411 g/mol. The van der Waals surface area contributed by atoms with Gasteiger partial charge in [0.25, 0.3) is 5.56 Å². The quantitative estimate of drug-likeness (QED) is 0.804. The maximum absolute atomic E-state index is 13.3. The summed E-state index contributed by atoms with van der Waals surface area (Å²) in [5.41, 5.74) is 0.952. The number of anilines is 1. The van der Waals surface area contributed by atoms with Crippen molar-refractivity contribution < 1.29 is 14.3 Å². The Morgan fingerprint density at radius 3 is 2.50 bits per heavy atom. The van der Waals surface area contributed by atoms with Crippen LogP contribution in [-0.2, 0) is 11.8 Å². The molecule has 30 heavy (non-hydrogen) atoms. The molecule has 1 aliphatic carbocycles. The molecule has 0 fully saturated rings. The first kappa shape index (κ1) is 20.0. The van der Waals surface area contributed by atoms with E-state index in [2.05, 4.69) is 10.3 Å². The van der Waals surface area contributed by atoms with Gasteiger partial charge in [-0.1, -0.05) is 13.8 Å². The fourth-order valence-corrected chi connectivity index (χ4v) is 4.50. The van der Waals surface area contributed by atoms with Crippen LogP contribution < -0.4 is 26.0 Å². The molecule has 2 N–H and O–H groups in total. The molecular formula is C22H25N3O5. The number of methoxy groups -OCH3 is 2. The number of fused-ring (bicyclic) bond motifs is 1.